The first-order chi connectivity index (χ1) is 18.3. The number of pyridine rings is 1. The zero-order valence-corrected chi connectivity index (χ0v) is 25.6. The highest BCUT2D eigenvalue weighted by molar-refractivity contribution is 9.10. The molecule has 0 aliphatic carbocycles. The van der Waals surface area contributed by atoms with Crippen molar-refractivity contribution in [2.75, 3.05) is 19.8 Å². The van der Waals surface area contributed by atoms with Crippen LogP contribution in [0, 0.1) is 18.6 Å². The third kappa shape index (κ3) is 7.35. The van der Waals surface area contributed by atoms with Crippen molar-refractivity contribution < 1.29 is 13.6 Å². The fourth-order valence-electron chi connectivity index (χ4n) is 3.68. The maximum absolute atomic E-state index is 13.9. The number of halogens is 5. The Kier molecular flexibility index (Phi) is 10.1. The van der Waals surface area contributed by atoms with Crippen molar-refractivity contribution in [2.24, 2.45) is 0 Å². The summed E-state index contributed by atoms with van der Waals surface area (Å²) in [7, 11) is 3.66. The molecule has 0 aliphatic rings. The van der Waals surface area contributed by atoms with Gasteiger partial charge in [0, 0.05) is 58.5 Å². The molecule has 2 N–H and O–H groups in total. The number of carbonyl (C=O) groups is 1. The Morgan fingerprint density at radius 2 is 1.69 bits per heavy atom. The van der Waals surface area contributed by atoms with Crippen molar-refractivity contribution in [1.82, 2.24) is 9.47 Å². The van der Waals surface area contributed by atoms with Crippen molar-refractivity contribution in [3.63, 3.8) is 0 Å². The molecule has 0 atom stereocenters. The molecule has 39 heavy (non-hydrogen) atoms. The van der Waals surface area contributed by atoms with E-state index in [1.54, 1.807) is 36.1 Å². The van der Waals surface area contributed by atoms with Crippen LogP contribution in [-0.4, -0.2) is 29.3 Å². The molecule has 0 bridgehead atoms. The largest absolute Gasteiger partial charge is 0.396 e. The molecule has 5 nitrogen and oxygen atoms in total. The highest BCUT2D eigenvalue weighted by atomic mass is 79.9. The standard InChI is InChI=1S/C17H13BrClFN2O.C12H13BrFNO/c1-9-6-15(23)12-4-3-11(18)7-14(12)22(9)8-10-2-5-13(19)16(20)17(10)21;1-8(15(2)3)6-12(16)10-5-4-9(13)7-11(10)14/h2-7H,8,21H2,1H3;4-7H,1-3H3/b;8-6+. The molecule has 1 heterocycles. The SMILES string of the molecule is C/C(=C\C(=O)c1ccc(Br)cc1F)N(C)C.Cc1cc(=O)c2ccc(Br)cc2n1Cc1ccc(Cl)c(F)c1N. The molecule has 0 aliphatic heterocycles. The van der Waals surface area contributed by atoms with E-state index in [9.17, 15) is 18.4 Å². The first kappa shape index (κ1) is 30.5. The van der Waals surface area contributed by atoms with Gasteiger partial charge >= 0.3 is 0 Å². The number of nitrogen functional groups attached to an aromatic ring is 1. The Hall–Kier alpha value is -3.01. The number of ketones is 1. The minimum atomic E-state index is -0.617. The monoisotopic (exact) mass is 679 g/mol. The molecule has 3 aromatic carbocycles. The van der Waals surface area contributed by atoms with Crippen molar-refractivity contribution >= 4 is 65.8 Å². The molecular weight excluding hydrogens is 656 g/mol. The van der Waals surface area contributed by atoms with Gasteiger partial charge in [-0.25, -0.2) is 8.78 Å². The van der Waals surface area contributed by atoms with Gasteiger partial charge in [0.2, 0.25) is 0 Å². The van der Waals surface area contributed by atoms with Crippen molar-refractivity contribution in [3.8, 4) is 0 Å². The number of fused-ring (bicyclic) bond motifs is 1. The lowest BCUT2D eigenvalue weighted by Gasteiger charge is -2.16. The number of nitrogens with two attached hydrogens (primary N) is 1. The van der Waals surface area contributed by atoms with Crippen LogP contribution in [0.5, 0.6) is 0 Å². The predicted octanol–water partition coefficient (Wildman–Crippen LogP) is 7.73. The van der Waals surface area contributed by atoms with E-state index >= 15 is 0 Å². The number of benzene rings is 3. The summed E-state index contributed by atoms with van der Waals surface area (Å²) in [6.45, 7) is 3.98. The second-order valence-electron chi connectivity index (χ2n) is 9.00. The lowest BCUT2D eigenvalue weighted by atomic mass is 10.1. The number of rotatable bonds is 5. The molecule has 4 rings (SSSR count). The van der Waals surface area contributed by atoms with Gasteiger partial charge in [0.15, 0.2) is 17.0 Å². The summed E-state index contributed by atoms with van der Waals surface area (Å²) in [5.74, 6) is -1.45. The van der Waals surface area contributed by atoms with Crippen LogP contribution in [0.25, 0.3) is 10.9 Å². The van der Waals surface area contributed by atoms with Crippen molar-refractivity contribution in [1.29, 1.82) is 0 Å². The smallest absolute Gasteiger partial charge is 0.190 e. The molecule has 1 aromatic heterocycles. The van der Waals surface area contributed by atoms with Crippen molar-refractivity contribution in [2.45, 2.75) is 20.4 Å². The normalized spacial score (nSPS) is 11.3. The summed E-state index contributed by atoms with van der Waals surface area (Å²) in [6, 6.07) is 14.6. The molecule has 0 radical (unpaired) electrons. The van der Waals surface area contributed by atoms with E-state index in [0.717, 1.165) is 21.4 Å². The van der Waals surface area contributed by atoms with E-state index in [2.05, 4.69) is 31.9 Å². The van der Waals surface area contributed by atoms with E-state index in [0.29, 0.717) is 22.0 Å². The van der Waals surface area contributed by atoms with Gasteiger partial charge in [-0.05, 0) is 61.9 Å². The lowest BCUT2D eigenvalue weighted by molar-refractivity contribution is 0.104. The van der Waals surface area contributed by atoms with Crippen LogP contribution in [0.2, 0.25) is 5.02 Å². The van der Waals surface area contributed by atoms with Crippen molar-refractivity contribution in [3.05, 3.63) is 119 Å². The first-order valence-electron chi connectivity index (χ1n) is 11.7. The van der Waals surface area contributed by atoms with Gasteiger partial charge in [-0.3, -0.25) is 9.59 Å². The predicted molar refractivity (Wildman–Crippen MR) is 161 cm³/mol. The number of anilines is 1. The van der Waals surface area contributed by atoms with E-state index in [-0.39, 0.29) is 27.5 Å². The number of aromatic nitrogens is 1. The molecule has 4 aromatic rings. The van der Waals surface area contributed by atoms with Crippen LogP contribution >= 0.6 is 43.5 Å². The molecule has 0 spiro atoms. The molecule has 204 valence electrons. The molecule has 10 heteroatoms. The fourth-order valence-corrected chi connectivity index (χ4v) is 4.53. The Morgan fingerprint density at radius 1 is 1.05 bits per heavy atom. The van der Waals surface area contributed by atoms with Crippen LogP contribution < -0.4 is 11.2 Å². The summed E-state index contributed by atoms with van der Waals surface area (Å²) in [4.78, 5) is 25.7. The van der Waals surface area contributed by atoms with E-state index < -0.39 is 11.6 Å². The maximum atomic E-state index is 13.9. The first-order valence-corrected chi connectivity index (χ1v) is 13.6. The number of nitrogens with zero attached hydrogens (tertiary/aromatic N) is 2. The van der Waals surface area contributed by atoms with Crippen LogP contribution in [0.1, 0.15) is 28.5 Å². The van der Waals surface area contributed by atoms with Gasteiger partial charge in [-0.15, -0.1) is 0 Å². The van der Waals surface area contributed by atoms with Gasteiger partial charge in [0.05, 0.1) is 21.8 Å². The number of aryl methyl sites for hydroxylation is 1. The molecule has 0 saturated carbocycles. The van der Waals surface area contributed by atoms with E-state index in [1.165, 1.54) is 24.3 Å². The molecule has 0 unspecified atom stereocenters. The zero-order chi connectivity index (χ0) is 29.0. The van der Waals surface area contributed by atoms with E-state index in [1.807, 2.05) is 37.7 Å². The quantitative estimate of drug-likeness (QED) is 0.133. The van der Waals surface area contributed by atoms with Crippen LogP contribution in [0.4, 0.5) is 14.5 Å². The number of hydrogen-bond donors (Lipinski definition) is 1. The summed E-state index contributed by atoms with van der Waals surface area (Å²) < 4.78 is 30.8. The molecule has 0 fully saturated rings. The average molecular weight is 682 g/mol. The third-order valence-corrected chi connectivity index (χ3v) is 7.35. The van der Waals surface area contributed by atoms with Gasteiger partial charge in [-0.1, -0.05) is 49.5 Å². The number of allylic oxidation sites excluding steroid dienone is 2. The Morgan fingerprint density at radius 3 is 2.33 bits per heavy atom. The second-order valence-corrected chi connectivity index (χ2v) is 11.2. The van der Waals surface area contributed by atoms with Gasteiger partial charge < -0.3 is 15.2 Å². The second kappa shape index (κ2) is 12.9. The third-order valence-electron chi connectivity index (χ3n) is 6.08. The van der Waals surface area contributed by atoms with E-state index in [4.69, 9.17) is 17.3 Å². The molecule has 0 saturated heterocycles. The molecule has 0 amide bonds. The Bertz CT molecular complexity index is 1650. The Balaban J connectivity index is 0.000000231. The highest BCUT2D eigenvalue weighted by Gasteiger charge is 2.13. The minimum absolute atomic E-state index is 0.00418. The number of carbonyl (C=O) groups excluding carboxylic acids is 1. The summed E-state index contributed by atoms with van der Waals surface area (Å²) in [6.07, 6.45) is 1.42. The van der Waals surface area contributed by atoms with Gasteiger partial charge in [-0.2, -0.15) is 0 Å². The number of hydrogen-bond acceptors (Lipinski definition) is 4. The summed E-state index contributed by atoms with van der Waals surface area (Å²) >= 11 is 12.3. The summed E-state index contributed by atoms with van der Waals surface area (Å²) in [5, 5.41) is 0.599. The topological polar surface area (TPSA) is 68.3 Å². The zero-order valence-electron chi connectivity index (χ0n) is 21.7. The average Bonchev–Trinajstić information content (AvgIpc) is 2.86. The van der Waals surface area contributed by atoms with Gasteiger partial charge in [0.1, 0.15) is 5.82 Å². The Labute approximate surface area is 247 Å². The highest BCUT2D eigenvalue weighted by Crippen LogP contribution is 2.26. The summed E-state index contributed by atoms with van der Waals surface area (Å²) in [5.41, 5.74) is 8.84. The molecular formula is C29H26Br2ClF2N3O2. The minimum Gasteiger partial charge on any atom is -0.396 e. The van der Waals surface area contributed by atoms with Crippen LogP contribution in [0.3, 0.4) is 0 Å². The van der Waals surface area contributed by atoms with Gasteiger partial charge in [0.25, 0.3) is 0 Å². The fraction of sp³-hybridized carbons (Fsp3) is 0.172. The lowest BCUT2D eigenvalue weighted by Crippen LogP contribution is -2.14. The van der Waals surface area contributed by atoms with Crippen LogP contribution in [0.15, 0.2) is 80.1 Å². The maximum Gasteiger partial charge on any atom is 0.190 e. The van der Waals surface area contributed by atoms with Crippen LogP contribution in [-0.2, 0) is 6.54 Å².